The molecule has 3 aromatic rings. The lowest BCUT2D eigenvalue weighted by Gasteiger charge is -2.24. The molecular weight excluding hydrogens is 402 g/mol. The van der Waals surface area contributed by atoms with E-state index in [2.05, 4.69) is 16.0 Å². The zero-order valence-electron chi connectivity index (χ0n) is 15.8. The van der Waals surface area contributed by atoms with Crippen molar-refractivity contribution < 1.29 is 9.53 Å². The van der Waals surface area contributed by atoms with Crippen LogP contribution in [0.15, 0.2) is 59.4 Å². The third-order valence-corrected chi connectivity index (χ3v) is 5.83. The third-order valence-electron chi connectivity index (χ3n) is 4.72. The molecule has 0 radical (unpaired) electrons. The van der Waals surface area contributed by atoms with E-state index < -0.39 is 17.4 Å². The summed E-state index contributed by atoms with van der Waals surface area (Å²) in [5, 5.41) is 9.83. The predicted octanol–water partition coefficient (Wildman–Crippen LogP) is 0.301. The molecule has 8 nitrogen and oxygen atoms in total. The Balaban J connectivity index is 2.12. The van der Waals surface area contributed by atoms with Crippen LogP contribution >= 0.6 is 11.3 Å². The molecule has 4 rings (SSSR count). The summed E-state index contributed by atoms with van der Waals surface area (Å²) in [6, 6.07) is 8.98. The van der Waals surface area contributed by atoms with E-state index >= 15 is 0 Å². The van der Waals surface area contributed by atoms with E-state index in [9.17, 15) is 14.9 Å². The monoisotopic (exact) mass is 417 g/mol. The van der Waals surface area contributed by atoms with Crippen LogP contribution in [0.3, 0.4) is 0 Å². The number of hydrogen-bond acceptors (Lipinski definition) is 8. The fourth-order valence-electron chi connectivity index (χ4n) is 3.35. The number of esters is 1. The molecule has 0 aliphatic carbocycles. The number of aromatic nitrogens is 3. The van der Waals surface area contributed by atoms with Crippen LogP contribution in [0.5, 0.6) is 0 Å². The van der Waals surface area contributed by atoms with E-state index in [0.29, 0.717) is 14.8 Å². The first-order chi connectivity index (χ1) is 14.6. The van der Waals surface area contributed by atoms with Gasteiger partial charge < -0.3 is 10.5 Å². The van der Waals surface area contributed by atoms with Gasteiger partial charge in [0.25, 0.3) is 5.56 Å². The van der Waals surface area contributed by atoms with Gasteiger partial charge in [-0.1, -0.05) is 0 Å². The molecule has 1 atom stereocenters. The highest BCUT2D eigenvalue weighted by Crippen LogP contribution is 2.36. The Morgan fingerprint density at radius 1 is 1.23 bits per heavy atom. The van der Waals surface area contributed by atoms with Crippen LogP contribution in [0.2, 0.25) is 0 Å². The van der Waals surface area contributed by atoms with Crippen molar-refractivity contribution in [3.8, 4) is 6.07 Å². The molecular formula is C21H15N5O3S. The Bertz CT molecular complexity index is 1380. The van der Waals surface area contributed by atoms with Gasteiger partial charge in [0.15, 0.2) is 0 Å². The predicted molar refractivity (Wildman–Crippen MR) is 111 cm³/mol. The number of rotatable bonds is 3. The van der Waals surface area contributed by atoms with Crippen molar-refractivity contribution in [2.75, 3.05) is 7.11 Å². The number of nitrogens with two attached hydrogens (primary N) is 1. The zero-order chi connectivity index (χ0) is 21.3. The average Bonchev–Trinajstić information content (AvgIpc) is 3.10. The zero-order valence-corrected chi connectivity index (χ0v) is 16.6. The van der Waals surface area contributed by atoms with Gasteiger partial charge in [0.2, 0.25) is 0 Å². The van der Waals surface area contributed by atoms with Crippen LogP contribution in [0, 0.1) is 11.3 Å². The van der Waals surface area contributed by atoms with Crippen LogP contribution in [-0.2, 0) is 9.53 Å². The number of nitriles is 1. The minimum absolute atomic E-state index is 0.00223. The number of carbonyl (C=O) groups is 1. The van der Waals surface area contributed by atoms with Crippen molar-refractivity contribution in [1.29, 1.82) is 5.26 Å². The Labute approximate surface area is 174 Å². The first-order valence-corrected chi connectivity index (χ1v) is 9.64. The number of hydrogen-bond donors (Lipinski definition) is 1. The SMILES string of the molecule is COC(=O)C1=c2s/c(=C\c3ccncc3)c(=O)n2C(N)=C(C#N)C1c1ccncc1. The molecule has 0 saturated heterocycles. The number of methoxy groups -OCH3 is 1. The number of ether oxygens (including phenoxy) is 1. The minimum Gasteiger partial charge on any atom is -0.466 e. The number of nitrogens with zero attached hydrogens (tertiary/aromatic N) is 4. The highest BCUT2D eigenvalue weighted by atomic mass is 32.1. The van der Waals surface area contributed by atoms with Crippen LogP contribution < -0.4 is 20.5 Å². The molecule has 4 heterocycles. The van der Waals surface area contributed by atoms with Crippen LogP contribution in [-0.4, -0.2) is 27.6 Å². The number of carbonyl (C=O) groups excluding carboxylic acids is 1. The Morgan fingerprint density at radius 2 is 1.87 bits per heavy atom. The quantitative estimate of drug-likeness (QED) is 0.608. The third kappa shape index (κ3) is 3.09. The molecule has 1 unspecified atom stereocenters. The van der Waals surface area contributed by atoms with E-state index in [0.717, 1.165) is 16.9 Å². The lowest BCUT2D eigenvalue weighted by Crippen LogP contribution is -2.40. The van der Waals surface area contributed by atoms with Gasteiger partial charge in [0.1, 0.15) is 10.5 Å². The molecule has 3 aromatic heterocycles. The first kappa shape index (κ1) is 19.3. The second kappa shape index (κ2) is 7.77. The molecule has 2 N–H and O–H groups in total. The molecule has 0 bridgehead atoms. The molecule has 1 aliphatic rings. The fourth-order valence-corrected chi connectivity index (χ4v) is 4.52. The Kier molecular flexibility index (Phi) is 5.00. The summed E-state index contributed by atoms with van der Waals surface area (Å²) in [4.78, 5) is 33.9. The molecule has 9 heteroatoms. The summed E-state index contributed by atoms with van der Waals surface area (Å²) >= 11 is 1.12. The summed E-state index contributed by atoms with van der Waals surface area (Å²) in [6.07, 6.45) is 8.05. The second-order valence-electron chi connectivity index (χ2n) is 6.37. The van der Waals surface area contributed by atoms with Crippen molar-refractivity contribution in [1.82, 2.24) is 14.5 Å². The van der Waals surface area contributed by atoms with E-state index in [4.69, 9.17) is 10.5 Å². The summed E-state index contributed by atoms with van der Waals surface area (Å²) in [7, 11) is 1.26. The molecule has 1 aliphatic heterocycles. The molecule has 0 amide bonds. The van der Waals surface area contributed by atoms with E-state index in [1.807, 2.05) is 0 Å². The maximum absolute atomic E-state index is 13.1. The van der Waals surface area contributed by atoms with Gasteiger partial charge in [-0.05, 0) is 41.5 Å². The van der Waals surface area contributed by atoms with E-state index in [-0.39, 0.29) is 17.0 Å². The first-order valence-electron chi connectivity index (χ1n) is 8.83. The number of pyridine rings is 2. The van der Waals surface area contributed by atoms with Gasteiger partial charge in [-0.25, -0.2) is 4.79 Å². The highest BCUT2D eigenvalue weighted by Gasteiger charge is 2.36. The van der Waals surface area contributed by atoms with Crippen molar-refractivity contribution in [2.45, 2.75) is 5.92 Å². The van der Waals surface area contributed by atoms with Crippen LogP contribution in [0.25, 0.3) is 17.5 Å². The van der Waals surface area contributed by atoms with Gasteiger partial charge in [-0.15, -0.1) is 11.3 Å². The van der Waals surface area contributed by atoms with Gasteiger partial charge >= 0.3 is 5.97 Å². The normalized spacial score (nSPS) is 16.2. The molecule has 0 fully saturated rings. The second-order valence-corrected chi connectivity index (χ2v) is 7.40. The molecule has 0 aromatic carbocycles. The summed E-state index contributed by atoms with van der Waals surface area (Å²) in [5.41, 5.74) is 7.56. The average molecular weight is 417 g/mol. The van der Waals surface area contributed by atoms with Crippen molar-refractivity contribution in [3.63, 3.8) is 0 Å². The maximum atomic E-state index is 13.1. The largest absolute Gasteiger partial charge is 0.466 e. The highest BCUT2D eigenvalue weighted by molar-refractivity contribution is 7.07. The van der Waals surface area contributed by atoms with Gasteiger partial charge in [-0.2, -0.15) is 5.26 Å². The summed E-state index contributed by atoms with van der Waals surface area (Å²) in [6.45, 7) is 0. The summed E-state index contributed by atoms with van der Waals surface area (Å²) < 4.78 is 6.92. The molecule has 148 valence electrons. The fraction of sp³-hybridized carbons (Fsp3) is 0.0952. The van der Waals surface area contributed by atoms with Gasteiger partial charge in [-0.3, -0.25) is 19.3 Å². The summed E-state index contributed by atoms with van der Waals surface area (Å²) in [5.74, 6) is -1.41. The number of thiazole rings is 1. The van der Waals surface area contributed by atoms with E-state index in [1.54, 1.807) is 55.1 Å². The molecule has 0 saturated carbocycles. The van der Waals surface area contributed by atoms with Gasteiger partial charge in [0, 0.05) is 24.8 Å². The smallest absolute Gasteiger partial charge is 0.337 e. The van der Waals surface area contributed by atoms with E-state index in [1.165, 1.54) is 11.7 Å². The molecule has 30 heavy (non-hydrogen) atoms. The number of fused-ring (bicyclic) bond motifs is 1. The lowest BCUT2D eigenvalue weighted by molar-refractivity contribution is -0.134. The Morgan fingerprint density at radius 3 is 2.47 bits per heavy atom. The maximum Gasteiger partial charge on any atom is 0.337 e. The van der Waals surface area contributed by atoms with Crippen molar-refractivity contribution in [3.05, 3.63) is 85.3 Å². The standard InChI is InChI=1S/C21H15N5O3S/c1-29-21(28)17-16(13-4-8-25-9-5-13)14(11-22)18(23)26-19(27)15(30-20(17)26)10-12-2-6-24-7-3-12/h2-10,16H,23H2,1H3/b15-10-. The lowest BCUT2D eigenvalue weighted by atomic mass is 9.84. The molecule has 0 spiro atoms. The van der Waals surface area contributed by atoms with Crippen LogP contribution in [0.4, 0.5) is 0 Å². The Hall–Kier alpha value is -4.03. The van der Waals surface area contributed by atoms with Crippen molar-refractivity contribution in [2.24, 2.45) is 5.73 Å². The van der Waals surface area contributed by atoms with Crippen LogP contribution in [0.1, 0.15) is 17.0 Å². The van der Waals surface area contributed by atoms with Crippen molar-refractivity contribution >= 4 is 34.8 Å². The topological polar surface area (TPSA) is 124 Å². The number of allylic oxidation sites excluding steroid dienone is 1. The minimum atomic E-state index is -0.766. The van der Waals surface area contributed by atoms with Gasteiger partial charge in [0.05, 0.1) is 34.8 Å².